The van der Waals surface area contributed by atoms with Gasteiger partial charge in [-0.15, -0.1) is 0 Å². The molecule has 0 radical (unpaired) electrons. The second kappa shape index (κ2) is 10.8. The molecule has 0 saturated heterocycles. The normalized spacial score (nSPS) is 11.3. The number of rotatable bonds is 13. The monoisotopic (exact) mass is 391 g/mol. The van der Waals surface area contributed by atoms with Crippen LogP contribution in [0.25, 0.3) is 11.5 Å². The average Bonchev–Trinajstić information content (AvgIpc) is 3.21. The number of nitrogens with zero attached hydrogens (tertiary/aromatic N) is 4. The van der Waals surface area contributed by atoms with Crippen LogP contribution in [-0.4, -0.2) is 26.2 Å². The molecule has 2 aromatic rings. The van der Waals surface area contributed by atoms with Gasteiger partial charge in [0.05, 0.1) is 7.05 Å². The van der Waals surface area contributed by atoms with Crippen molar-refractivity contribution in [1.82, 2.24) is 14.7 Å². The minimum atomic E-state index is -0.443. The molecule has 2 rings (SSSR count). The molecule has 0 atom stereocenters. The Kier molecular flexibility index (Phi) is 8.47. The zero-order chi connectivity index (χ0) is 20.5. The number of hydrogen-bond acceptors (Lipinski definition) is 6. The summed E-state index contributed by atoms with van der Waals surface area (Å²) in [7, 11) is 1.63. The third kappa shape index (κ3) is 5.81. The van der Waals surface area contributed by atoms with Crippen LogP contribution in [0.5, 0.6) is 0 Å². The molecule has 0 unspecified atom stereocenters. The highest BCUT2D eigenvalue weighted by Crippen LogP contribution is 2.32. The minimum Gasteiger partial charge on any atom is -0.380 e. The van der Waals surface area contributed by atoms with Crippen LogP contribution in [0.1, 0.15) is 71.5 Å². The lowest BCUT2D eigenvalue weighted by Crippen LogP contribution is -2.06. The standard InChI is InChI=1S/C20H33N5O3/c1-5-6-7-8-12-16-18(21-13-10-9-11-15(2)3)19(23-28-16)20-22-14-17(24(20)4)25(26)27/h14-15,21H,5-13H2,1-4H3. The van der Waals surface area contributed by atoms with Crippen molar-refractivity contribution in [2.45, 2.75) is 72.1 Å². The summed E-state index contributed by atoms with van der Waals surface area (Å²) in [6.45, 7) is 7.46. The van der Waals surface area contributed by atoms with Gasteiger partial charge in [-0.3, -0.25) is 0 Å². The van der Waals surface area contributed by atoms with Crippen molar-refractivity contribution in [1.29, 1.82) is 0 Å². The van der Waals surface area contributed by atoms with Crippen molar-refractivity contribution in [2.75, 3.05) is 11.9 Å². The fraction of sp³-hybridized carbons (Fsp3) is 0.700. The Morgan fingerprint density at radius 3 is 2.68 bits per heavy atom. The van der Waals surface area contributed by atoms with Crippen LogP contribution >= 0.6 is 0 Å². The summed E-state index contributed by atoms with van der Waals surface area (Å²) in [6.07, 6.45) is 10.0. The van der Waals surface area contributed by atoms with E-state index in [2.05, 4.69) is 36.2 Å². The predicted molar refractivity (Wildman–Crippen MR) is 110 cm³/mol. The molecule has 0 aliphatic rings. The molecule has 156 valence electrons. The molecule has 28 heavy (non-hydrogen) atoms. The minimum absolute atomic E-state index is 0.0645. The van der Waals surface area contributed by atoms with Crippen molar-refractivity contribution in [3.63, 3.8) is 0 Å². The molecule has 8 heteroatoms. The summed E-state index contributed by atoms with van der Waals surface area (Å²) in [5, 5.41) is 18.8. The van der Waals surface area contributed by atoms with Gasteiger partial charge >= 0.3 is 5.82 Å². The van der Waals surface area contributed by atoms with Crippen molar-refractivity contribution in [3.8, 4) is 11.5 Å². The zero-order valence-electron chi connectivity index (χ0n) is 17.5. The van der Waals surface area contributed by atoms with E-state index in [1.165, 1.54) is 30.0 Å². The van der Waals surface area contributed by atoms with E-state index in [-0.39, 0.29) is 5.82 Å². The highest BCUT2D eigenvalue weighted by atomic mass is 16.6. The first-order valence-corrected chi connectivity index (χ1v) is 10.3. The molecule has 0 aliphatic carbocycles. The predicted octanol–water partition coefficient (Wildman–Crippen LogP) is 5.34. The lowest BCUT2D eigenvalue weighted by molar-refractivity contribution is -0.391. The number of aryl methyl sites for hydroxylation is 1. The number of aromatic nitrogens is 3. The number of anilines is 1. The van der Waals surface area contributed by atoms with Gasteiger partial charge in [-0.25, -0.2) is 9.55 Å². The first-order chi connectivity index (χ1) is 13.5. The molecule has 0 aliphatic heterocycles. The Bertz CT molecular complexity index is 751. The lowest BCUT2D eigenvalue weighted by Gasteiger charge is -2.08. The molecule has 1 N–H and O–H groups in total. The smallest absolute Gasteiger partial charge is 0.342 e. The molecular formula is C20H33N5O3. The lowest BCUT2D eigenvalue weighted by atomic mass is 10.1. The molecule has 2 heterocycles. The van der Waals surface area contributed by atoms with Gasteiger partial charge in [0, 0.05) is 13.0 Å². The van der Waals surface area contributed by atoms with E-state index in [0.717, 1.165) is 50.1 Å². The highest BCUT2D eigenvalue weighted by molar-refractivity contribution is 5.72. The SMILES string of the molecule is CCCCCCc1onc(-c2ncc([N+](=O)[O-])n2C)c1NCCCCC(C)C. The molecule has 0 amide bonds. The van der Waals surface area contributed by atoms with Gasteiger partial charge in [-0.2, -0.15) is 0 Å². The van der Waals surface area contributed by atoms with E-state index in [1.807, 2.05) is 0 Å². The Hall–Kier alpha value is -2.38. The molecule has 0 fully saturated rings. The van der Waals surface area contributed by atoms with Crippen LogP contribution in [0.2, 0.25) is 0 Å². The fourth-order valence-corrected chi connectivity index (χ4v) is 3.22. The number of unbranched alkanes of at least 4 members (excludes halogenated alkanes) is 4. The van der Waals surface area contributed by atoms with Crippen LogP contribution < -0.4 is 5.32 Å². The van der Waals surface area contributed by atoms with E-state index in [9.17, 15) is 10.1 Å². The van der Waals surface area contributed by atoms with Gasteiger partial charge in [-0.05, 0) is 23.7 Å². The van der Waals surface area contributed by atoms with Gasteiger partial charge in [0.25, 0.3) is 5.82 Å². The molecule has 8 nitrogen and oxygen atoms in total. The highest BCUT2D eigenvalue weighted by Gasteiger charge is 2.26. The Balaban J connectivity index is 2.16. The molecule has 0 saturated carbocycles. The average molecular weight is 392 g/mol. The third-order valence-electron chi connectivity index (χ3n) is 4.89. The summed E-state index contributed by atoms with van der Waals surface area (Å²) in [6, 6.07) is 0. The molecule has 0 spiro atoms. The van der Waals surface area contributed by atoms with Crippen LogP contribution in [-0.2, 0) is 13.5 Å². The molecular weight excluding hydrogens is 358 g/mol. The van der Waals surface area contributed by atoms with Gasteiger partial charge in [-0.1, -0.05) is 58.0 Å². The molecule has 0 aromatic carbocycles. The summed E-state index contributed by atoms with van der Waals surface area (Å²) in [4.78, 5) is 14.9. The van der Waals surface area contributed by atoms with E-state index >= 15 is 0 Å². The van der Waals surface area contributed by atoms with Gasteiger partial charge in [0.1, 0.15) is 11.9 Å². The van der Waals surface area contributed by atoms with Crippen LogP contribution in [0.3, 0.4) is 0 Å². The van der Waals surface area contributed by atoms with Crippen molar-refractivity contribution < 1.29 is 9.45 Å². The largest absolute Gasteiger partial charge is 0.380 e. The Labute approximate surface area is 166 Å². The number of imidazole rings is 1. The molecule has 2 aromatic heterocycles. The maximum Gasteiger partial charge on any atom is 0.342 e. The van der Waals surface area contributed by atoms with Gasteiger partial charge in [0.15, 0.2) is 11.5 Å². The topological polar surface area (TPSA) is 99.0 Å². The summed E-state index contributed by atoms with van der Waals surface area (Å²) >= 11 is 0. The Morgan fingerprint density at radius 1 is 1.25 bits per heavy atom. The quantitative estimate of drug-likeness (QED) is 0.281. The summed E-state index contributed by atoms with van der Waals surface area (Å²) < 4.78 is 7.06. The zero-order valence-corrected chi connectivity index (χ0v) is 17.5. The maximum absolute atomic E-state index is 11.1. The van der Waals surface area contributed by atoms with Gasteiger partial charge < -0.3 is 20.0 Å². The number of nitro groups is 1. The van der Waals surface area contributed by atoms with Crippen LogP contribution in [0.15, 0.2) is 10.7 Å². The number of nitrogens with one attached hydrogen (secondary N) is 1. The van der Waals surface area contributed by atoms with Gasteiger partial charge in [0.2, 0.25) is 0 Å². The second-order valence-electron chi connectivity index (χ2n) is 7.71. The van der Waals surface area contributed by atoms with Crippen LogP contribution in [0.4, 0.5) is 11.5 Å². The van der Waals surface area contributed by atoms with E-state index in [1.54, 1.807) is 7.05 Å². The van der Waals surface area contributed by atoms with Crippen molar-refractivity contribution in [3.05, 3.63) is 22.1 Å². The summed E-state index contributed by atoms with van der Waals surface area (Å²) in [5.41, 5.74) is 1.37. The van der Waals surface area contributed by atoms with E-state index < -0.39 is 4.92 Å². The third-order valence-corrected chi connectivity index (χ3v) is 4.89. The van der Waals surface area contributed by atoms with E-state index in [0.29, 0.717) is 17.4 Å². The summed E-state index contributed by atoms with van der Waals surface area (Å²) in [5.74, 6) is 1.89. The molecule has 0 bridgehead atoms. The maximum atomic E-state index is 11.1. The number of hydrogen-bond donors (Lipinski definition) is 1. The fourth-order valence-electron chi connectivity index (χ4n) is 3.22. The van der Waals surface area contributed by atoms with Crippen LogP contribution in [0, 0.1) is 16.0 Å². The van der Waals surface area contributed by atoms with E-state index in [4.69, 9.17) is 4.52 Å². The van der Waals surface area contributed by atoms with Crippen molar-refractivity contribution >= 4 is 11.5 Å². The Morgan fingerprint density at radius 2 is 2.04 bits per heavy atom. The first kappa shape index (κ1) is 21.9. The van der Waals surface area contributed by atoms with Crippen molar-refractivity contribution in [2.24, 2.45) is 13.0 Å². The second-order valence-corrected chi connectivity index (χ2v) is 7.71. The first-order valence-electron chi connectivity index (χ1n) is 10.3.